The number of imidazole rings is 1. The average Bonchev–Trinajstić information content (AvgIpc) is 2.97. The van der Waals surface area contributed by atoms with Crippen molar-refractivity contribution in [1.82, 2.24) is 14.5 Å². The maximum atomic E-state index is 11.9. The third-order valence-electron chi connectivity index (χ3n) is 5.22. The molecule has 0 amide bonds. The van der Waals surface area contributed by atoms with Crippen molar-refractivity contribution in [3.8, 4) is 5.69 Å². The highest BCUT2D eigenvalue weighted by Gasteiger charge is 2.21. The zero-order valence-corrected chi connectivity index (χ0v) is 20.9. The van der Waals surface area contributed by atoms with Gasteiger partial charge in [0, 0.05) is 24.2 Å². The molecule has 1 aromatic carbocycles. The molecule has 0 aliphatic carbocycles. The van der Waals surface area contributed by atoms with Crippen molar-refractivity contribution in [2.75, 3.05) is 6.61 Å². The van der Waals surface area contributed by atoms with E-state index in [1.807, 2.05) is 27.7 Å². The minimum Gasteiger partial charge on any atom is -0.465 e. The van der Waals surface area contributed by atoms with Gasteiger partial charge in [-0.3, -0.25) is 9.36 Å². The van der Waals surface area contributed by atoms with Crippen molar-refractivity contribution in [2.24, 2.45) is 10.8 Å². The molecule has 3 aromatic rings. The number of rotatable bonds is 6. The van der Waals surface area contributed by atoms with E-state index in [1.165, 1.54) is 0 Å². The van der Waals surface area contributed by atoms with Crippen LogP contribution in [0, 0.1) is 24.7 Å². The highest BCUT2D eigenvalue weighted by Crippen LogP contribution is 2.28. The summed E-state index contributed by atoms with van der Waals surface area (Å²) in [5.74, 6) is 0.889. The van der Waals surface area contributed by atoms with Crippen LogP contribution >= 0.6 is 0 Å². The largest absolute Gasteiger partial charge is 0.465 e. The van der Waals surface area contributed by atoms with E-state index in [-0.39, 0.29) is 16.8 Å². The molecule has 0 N–H and O–H groups in total. The molecule has 0 unspecified atom stereocenters. The van der Waals surface area contributed by atoms with Gasteiger partial charge in [-0.2, -0.15) is 0 Å². The van der Waals surface area contributed by atoms with E-state index in [0.29, 0.717) is 19.4 Å². The SMILES string of the molecule is Cc1cc(C)c2nc(CC(C)(C)C)n(-c3ccc(CCOC(=O)CC(C)(C)C)cc3)c2n1. The predicted molar refractivity (Wildman–Crippen MR) is 130 cm³/mol. The Hall–Kier alpha value is -2.69. The smallest absolute Gasteiger partial charge is 0.306 e. The van der Waals surface area contributed by atoms with Crippen LogP contribution in [0.25, 0.3) is 16.9 Å². The number of carbonyl (C=O) groups is 1. The topological polar surface area (TPSA) is 57.0 Å². The molecular formula is C27H37N3O2. The fraction of sp³-hybridized carbons (Fsp3) is 0.519. The number of benzene rings is 1. The van der Waals surface area contributed by atoms with Crippen LogP contribution in [0.3, 0.4) is 0 Å². The van der Waals surface area contributed by atoms with E-state index in [1.54, 1.807) is 0 Å². The van der Waals surface area contributed by atoms with Gasteiger partial charge in [0.2, 0.25) is 0 Å². The van der Waals surface area contributed by atoms with E-state index in [2.05, 4.69) is 62.6 Å². The van der Waals surface area contributed by atoms with Gasteiger partial charge in [0.15, 0.2) is 5.65 Å². The lowest BCUT2D eigenvalue weighted by Crippen LogP contribution is -2.16. The van der Waals surface area contributed by atoms with Crippen molar-refractivity contribution in [1.29, 1.82) is 0 Å². The van der Waals surface area contributed by atoms with Crippen molar-refractivity contribution >= 4 is 17.1 Å². The third kappa shape index (κ3) is 6.18. The highest BCUT2D eigenvalue weighted by molar-refractivity contribution is 5.78. The summed E-state index contributed by atoms with van der Waals surface area (Å²) in [5.41, 5.74) is 6.26. The Balaban J connectivity index is 1.84. The summed E-state index contributed by atoms with van der Waals surface area (Å²) in [7, 11) is 0. The lowest BCUT2D eigenvalue weighted by atomic mass is 9.92. The quantitative estimate of drug-likeness (QED) is 0.436. The van der Waals surface area contributed by atoms with E-state index < -0.39 is 0 Å². The third-order valence-corrected chi connectivity index (χ3v) is 5.22. The molecule has 172 valence electrons. The lowest BCUT2D eigenvalue weighted by Gasteiger charge is -2.19. The first-order valence-corrected chi connectivity index (χ1v) is 11.4. The summed E-state index contributed by atoms with van der Waals surface area (Å²) in [6.45, 7) is 17.3. The number of fused-ring (bicyclic) bond motifs is 1. The molecule has 2 aromatic heterocycles. The zero-order chi connectivity index (χ0) is 23.7. The van der Waals surface area contributed by atoms with Gasteiger partial charge in [-0.1, -0.05) is 53.7 Å². The second-order valence-corrected chi connectivity index (χ2v) is 11.2. The van der Waals surface area contributed by atoms with Crippen LogP contribution in [0.1, 0.15) is 70.6 Å². The standard InChI is InChI=1S/C27H37N3O2/c1-18-15-19(2)28-25-24(18)29-22(16-26(3,4)5)30(25)21-11-9-20(10-12-21)13-14-32-23(31)17-27(6,7)8/h9-12,15H,13-14,16-17H2,1-8H3. The molecular weight excluding hydrogens is 398 g/mol. The zero-order valence-electron chi connectivity index (χ0n) is 20.9. The summed E-state index contributed by atoms with van der Waals surface area (Å²) in [4.78, 5) is 21.8. The fourth-order valence-corrected chi connectivity index (χ4v) is 3.85. The van der Waals surface area contributed by atoms with E-state index in [0.717, 1.165) is 45.9 Å². The summed E-state index contributed by atoms with van der Waals surface area (Å²) in [5, 5.41) is 0. The molecule has 0 aliphatic rings. The number of aryl methyl sites for hydroxylation is 2. The van der Waals surface area contributed by atoms with Crippen molar-refractivity contribution in [3.63, 3.8) is 0 Å². The van der Waals surface area contributed by atoms with Crippen LogP contribution in [0.4, 0.5) is 0 Å². The van der Waals surface area contributed by atoms with Gasteiger partial charge < -0.3 is 4.74 Å². The Morgan fingerprint density at radius 2 is 1.62 bits per heavy atom. The number of hydrogen-bond acceptors (Lipinski definition) is 4. The normalized spacial score (nSPS) is 12.4. The van der Waals surface area contributed by atoms with Gasteiger partial charge in [0.1, 0.15) is 11.3 Å². The minimum absolute atomic E-state index is 0.0538. The lowest BCUT2D eigenvalue weighted by molar-refractivity contribution is -0.145. The molecule has 32 heavy (non-hydrogen) atoms. The molecule has 0 aliphatic heterocycles. The maximum absolute atomic E-state index is 11.9. The first-order valence-electron chi connectivity index (χ1n) is 11.4. The van der Waals surface area contributed by atoms with Crippen LogP contribution in [-0.4, -0.2) is 27.1 Å². The van der Waals surface area contributed by atoms with Crippen molar-refractivity contribution in [2.45, 2.75) is 74.7 Å². The van der Waals surface area contributed by atoms with Crippen molar-refractivity contribution in [3.05, 3.63) is 53.0 Å². The number of aromatic nitrogens is 3. The van der Waals surface area contributed by atoms with Gasteiger partial charge in [0.05, 0.1) is 13.0 Å². The summed E-state index contributed by atoms with van der Waals surface area (Å²) in [6.07, 6.45) is 1.99. The molecule has 0 saturated carbocycles. The Morgan fingerprint density at radius 1 is 0.969 bits per heavy atom. The molecule has 0 bridgehead atoms. The van der Waals surface area contributed by atoms with Crippen molar-refractivity contribution < 1.29 is 9.53 Å². The maximum Gasteiger partial charge on any atom is 0.306 e. The van der Waals surface area contributed by atoms with Gasteiger partial charge in [-0.05, 0) is 54.0 Å². The first kappa shape index (κ1) is 24.0. The van der Waals surface area contributed by atoms with E-state index in [9.17, 15) is 4.79 Å². The molecule has 5 heteroatoms. The van der Waals surface area contributed by atoms with E-state index >= 15 is 0 Å². The molecule has 0 atom stereocenters. The van der Waals surface area contributed by atoms with Crippen LogP contribution in [0.15, 0.2) is 30.3 Å². The first-order chi connectivity index (χ1) is 14.8. The average molecular weight is 436 g/mol. The molecule has 5 nitrogen and oxygen atoms in total. The molecule has 0 saturated heterocycles. The predicted octanol–water partition coefficient (Wildman–Crippen LogP) is 6.15. The van der Waals surface area contributed by atoms with Gasteiger partial charge in [0.25, 0.3) is 0 Å². The van der Waals surface area contributed by atoms with Crippen LogP contribution in [-0.2, 0) is 22.4 Å². The summed E-state index contributed by atoms with van der Waals surface area (Å²) >= 11 is 0. The highest BCUT2D eigenvalue weighted by atomic mass is 16.5. The molecule has 0 radical (unpaired) electrons. The van der Waals surface area contributed by atoms with Crippen LogP contribution < -0.4 is 0 Å². The molecule has 2 heterocycles. The number of pyridine rings is 1. The fourth-order valence-electron chi connectivity index (χ4n) is 3.85. The number of esters is 1. The second-order valence-electron chi connectivity index (χ2n) is 11.2. The number of hydrogen-bond donors (Lipinski definition) is 0. The molecule has 0 spiro atoms. The van der Waals surface area contributed by atoms with Gasteiger partial charge in [-0.15, -0.1) is 0 Å². The second kappa shape index (κ2) is 9.05. The molecule has 3 rings (SSSR count). The number of ether oxygens (including phenoxy) is 1. The Kier molecular flexibility index (Phi) is 6.77. The Morgan fingerprint density at radius 3 is 2.22 bits per heavy atom. The Labute approximate surface area is 192 Å². The van der Waals surface area contributed by atoms with Crippen LogP contribution in [0.5, 0.6) is 0 Å². The molecule has 0 fully saturated rings. The summed E-state index contributed by atoms with van der Waals surface area (Å²) in [6, 6.07) is 10.5. The van der Waals surface area contributed by atoms with E-state index in [4.69, 9.17) is 14.7 Å². The number of carbonyl (C=O) groups excluding carboxylic acids is 1. The monoisotopic (exact) mass is 435 g/mol. The number of nitrogens with zero attached hydrogens (tertiary/aromatic N) is 3. The van der Waals surface area contributed by atoms with Gasteiger partial charge in [-0.25, -0.2) is 9.97 Å². The van der Waals surface area contributed by atoms with Crippen LogP contribution in [0.2, 0.25) is 0 Å². The minimum atomic E-state index is -0.136. The summed E-state index contributed by atoms with van der Waals surface area (Å²) < 4.78 is 7.61. The van der Waals surface area contributed by atoms with Gasteiger partial charge >= 0.3 is 5.97 Å². The Bertz CT molecular complexity index is 1100.